The zero-order valence-electron chi connectivity index (χ0n) is 10.5. The Morgan fingerprint density at radius 1 is 1.29 bits per heavy atom. The van der Waals surface area contributed by atoms with E-state index in [0.29, 0.717) is 0 Å². The molecule has 0 saturated carbocycles. The summed E-state index contributed by atoms with van der Waals surface area (Å²) in [6.45, 7) is 6.65. The minimum absolute atomic E-state index is 0.0485. The van der Waals surface area contributed by atoms with E-state index in [1.165, 1.54) is 12.5 Å². The first kappa shape index (κ1) is 13.7. The predicted octanol–water partition coefficient (Wildman–Crippen LogP) is 1.77. The van der Waals surface area contributed by atoms with Crippen LogP contribution in [0.1, 0.15) is 19.4 Å². The van der Waals surface area contributed by atoms with E-state index in [2.05, 4.69) is 10.6 Å². The maximum atomic E-state index is 10.8. The first-order valence-corrected chi connectivity index (χ1v) is 5.87. The molecule has 1 amide bonds. The molecule has 4 nitrogen and oxygen atoms in total. The average molecular weight is 236 g/mol. The predicted molar refractivity (Wildman–Crippen MR) is 68.9 cm³/mol. The second-order valence-corrected chi connectivity index (χ2v) is 3.75. The molecule has 1 rings (SSSR count). The van der Waals surface area contributed by atoms with E-state index in [0.717, 1.165) is 32.0 Å². The standard InChI is InChI=1S/C13H20N2O2/c1-3-17-9-8-14-10-12-4-6-13(7-5-12)15-11(2)16/h4-7,14H,3,8-10H2,1-2H3,(H,15,16). The number of anilines is 1. The van der Waals surface area contributed by atoms with Gasteiger partial charge in [0.25, 0.3) is 0 Å². The minimum Gasteiger partial charge on any atom is -0.380 e. The lowest BCUT2D eigenvalue weighted by Gasteiger charge is -2.06. The number of rotatable bonds is 7. The SMILES string of the molecule is CCOCCNCc1ccc(NC(C)=O)cc1. The van der Waals surface area contributed by atoms with Crippen molar-refractivity contribution in [2.75, 3.05) is 25.1 Å². The van der Waals surface area contributed by atoms with Crippen LogP contribution >= 0.6 is 0 Å². The molecule has 0 spiro atoms. The van der Waals surface area contributed by atoms with Crippen LogP contribution in [-0.2, 0) is 16.1 Å². The summed E-state index contributed by atoms with van der Waals surface area (Å²) in [5.41, 5.74) is 2.02. The zero-order valence-corrected chi connectivity index (χ0v) is 10.5. The highest BCUT2D eigenvalue weighted by Crippen LogP contribution is 2.09. The molecule has 0 heterocycles. The highest BCUT2D eigenvalue weighted by molar-refractivity contribution is 5.88. The van der Waals surface area contributed by atoms with Gasteiger partial charge in [-0.25, -0.2) is 0 Å². The van der Waals surface area contributed by atoms with Crippen molar-refractivity contribution in [1.29, 1.82) is 0 Å². The Labute approximate surface area is 102 Å². The zero-order chi connectivity index (χ0) is 12.5. The van der Waals surface area contributed by atoms with Gasteiger partial charge in [0.2, 0.25) is 5.91 Å². The molecule has 0 saturated heterocycles. The van der Waals surface area contributed by atoms with Crippen molar-refractivity contribution < 1.29 is 9.53 Å². The van der Waals surface area contributed by atoms with Gasteiger partial charge in [-0.1, -0.05) is 12.1 Å². The molecule has 0 bridgehead atoms. The van der Waals surface area contributed by atoms with Gasteiger partial charge in [-0.05, 0) is 24.6 Å². The summed E-state index contributed by atoms with van der Waals surface area (Å²) in [7, 11) is 0. The molecule has 17 heavy (non-hydrogen) atoms. The van der Waals surface area contributed by atoms with E-state index in [-0.39, 0.29) is 5.91 Å². The molecular formula is C13H20N2O2. The quantitative estimate of drug-likeness (QED) is 0.709. The molecule has 94 valence electrons. The molecule has 2 N–H and O–H groups in total. The highest BCUT2D eigenvalue weighted by atomic mass is 16.5. The fourth-order valence-corrected chi connectivity index (χ4v) is 1.43. The largest absolute Gasteiger partial charge is 0.380 e. The van der Waals surface area contributed by atoms with Gasteiger partial charge in [-0.2, -0.15) is 0 Å². The van der Waals surface area contributed by atoms with Gasteiger partial charge in [-0.15, -0.1) is 0 Å². The summed E-state index contributed by atoms with van der Waals surface area (Å²) in [6.07, 6.45) is 0. The summed E-state index contributed by atoms with van der Waals surface area (Å²) < 4.78 is 5.22. The average Bonchev–Trinajstić information content (AvgIpc) is 2.30. The lowest BCUT2D eigenvalue weighted by molar-refractivity contribution is -0.114. The first-order chi connectivity index (χ1) is 8.22. The van der Waals surface area contributed by atoms with E-state index in [1.54, 1.807) is 0 Å². The fourth-order valence-electron chi connectivity index (χ4n) is 1.43. The Bertz CT molecular complexity index is 336. The van der Waals surface area contributed by atoms with Crippen LogP contribution in [0.4, 0.5) is 5.69 Å². The van der Waals surface area contributed by atoms with Gasteiger partial charge in [0.05, 0.1) is 6.61 Å². The molecule has 4 heteroatoms. The lowest BCUT2D eigenvalue weighted by Crippen LogP contribution is -2.19. The van der Waals surface area contributed by atoms with Gasteiger partial charge in [-0.3, -0.25) is 4.79 Å². The van der Waals surface area contributed by atoms with Crippen molar-refractivity contribution in [3.63, 3.8) is 0 Å². The molecule has 1 aromatic rings. The van der Waals surface area contributed by atoms with E-state index < -0.39 is 0 Å². The van der Waals surface area contributed by atoms with Crippen molar-refractivity contribution >= 4 is 11.6 Å². The fraction of sp³-hybridized carbons (Fsp3) is 0.462. The Hall–Kier alpha value is -1.39. The van der Waals surface area contributed by atoms with Gasteiger partial charge in [0, 0.05) is 32.3 Å². The lowest BCUT2D eigenvalue weighted by atomic mass is 10.2. The van der Waals surface area contributed by atoms with Gasteiger partial charge >= 0.3 is 0 Å². The smallest absolute Gasteiger partial charge is 0.221 e. The van der Waals surface area contributed by atoms with Crippen LogP contribution in [0.2, 0.25) is 0 Å². The molecule has 0 radical (unpaired) electrons. The van der Waals surface area contributed by atoms with Crippen LogP contribution in [-0.4, -0.2) is 25.7 Å². The van der Waals surface area contributed by atoms with Crippen molar-refractivity contribution in [3.8, 4) is 0 Å². The van der Waals surface area contributed by atoms with Crippen LogP contribution in [0.25, 0.3) is 0 Å². The van der Waals surface area contributed by atoms with E-state index in [9.17, 15) is 4.79 Å². The molecule has 0 aliphatic rings. The molecule has 0 aromatic heterocycles. The number of hydrogen-bond acceptors (Lipinski definition) is 3. The maximum absolute atomic E-state index is 10.8. The van der Waals surface area contributed by atoms with Gasteiger partial charge in [0.15, 0.2) is 0 Å². The monoisotopic (exact) mass is 236 g/mol. The summed E-state index contributed by atoms with van der Waals surface area (Å²) in [4.78, 5) is 10.8. The number of carbonyl (C=O) groups excluding carboxylic acids is 1. The molecule has 0 aliphatic carbocycles. The summed E-state index contributed by atoms with van der Waals surface area (Å²) >= 11 is 0. The second-order valence-electron chi connectivity index (χ2n) is 3.75. The number of carbonyl (C=O) groups is 1. The van der Waals surface area contributed by atoms with E-state index in [1.807, 2.05) is 31.2 Å². The Kier molecular flexibility index (Phi) is 6.29. The molecule has 0 aliphatic heterocycles. The Morgan fingerprint density at radius 3 is 2.59 bits per heavy atom. The maximum Gasteiger partial charge on any atom is 0.221 e. The summed E-state index contributed by atoms with van der Waals surface area (Å²) in [6, 6.07) is 7.81. The Balaban J connectivity index is 2.28. The number of benzene rings is 1. The third kappa shape index (κ3) is 6.04. The van der Waals surface area contributed by atoms with Crippen molar-refractivity contribution in [2.45, 2.75) is 20.4 Å². The third-order valence-corrected chi connectivity index (χ3v) is 2.23. The first-order valence-electron chi connectivity index (χ1n) is 5.87. The second kappa shape index (κ2) is 7.81. The van der Waals surface area contributed by atoms with Crippen LogP contribution in [0, 0.1) is 0 Å². The van der Waals surface area contributed by atoms with Crippen LogP contribution in [0.5, 0.6) is 0 Å². The minimum atomic E-state index is -0.0485. The third-order valence-electron chi connectivity index (χ3n) is 2.23. The van der Waals surface area contributed by atoms with Crippen molar-refractivity contribution in [3.05, 3.63) is 29.8 Å². The van der Waals surface area contributed by atoms with Crippen molar-refractivity contribution in [2.24, 2.45) is 0 Å². The van der Waals surface area contributed by atoms with E-state index >= 15 is 0 Å². The van der Waals surface area contributed by atoms with Crippen LogP contribution < -0.4 is 10.6 Å². The van der Waals surface area contributed by atoms with E-state index in [4.69, 9.17) is 4.74 Å². The van der Waals surface area contributed by atoms with Gasteiger partial charge < -0.3 is 15.4 Å². The Morgan fingerprint density at radius 2 is 2.00 bits per heavy atom. The highest BCUT2D eigenvalue weighted by Gasteiger charge is 1.96. The molecule has 0 fully saturated rings. The molecular weight excluding hydrogens is 216 g/mol. The number of amides is 1. The van der Waals surface area contributed by atoms with Crippen LogP contribution in [0.15, 0.2) is 24.3 Å². The number of ether oxygens (including phenoxy) is 1. The normalized spacial score (nSPS) is 10.2. The summed E-state index contributed by atoms with van der Waals surface area (Å²) in [5.74, 6) is -0.0485. The summed E-state index contributed by atoms with van der Waals surface area (Å²) in [5, 5.41) is 6.02. The number of nitrogens with one attached hydrogen (secondary N) is 2. The molecule has 0 atom stereocenters. The number of hydrogen-bond donors (Lipinski definition) is 2. The topological polar surface area (TPSA) is 50.4 Å². The molecule has 0 unspecified atom stereocenters. The van der Waals surface area contributed by atoms with Gasteiger partial charge in [0.1, 0.15) is 0 Å². The van der Waals surface area contributed by atoms with Crippen molar-refractivity contribution in [1.82, 2.24) is 5.32 Å². The molecule has 1 aromatic carbocycles. The van der Waals surface area contributed by atoms with Crippen LogP contribution in [0.3, 0.4) is 0 Å².